The minimum atomic E-state index is -0.473. The van der Waals surface area contributed by atoms with E-state index in [9.17, 15) is 9.59 Å². The van der Waals surface area contributed by atoms with Gasteiger partial charge in [0.25, 0.3) is 0 Å². The fourth-order valence-electron chi connectivity index (χ4n) is 3.31. The highest BCUT2D eigenvalue weighted by Crippen LogP contribution is 2.22. The summed E-state index contributed by atoms with van der Waals surface area (Å²) in [5.74, 6) is -0.431. The molecular formula is C18H21BrN4O3. The molecule has 0 radical (unpaired) electrons. The Labute approximate surface area is 160 Å². The number of hydrogen-bond donors (Lipinski definition) is 1. The van der Waals surface area contributed by atoms with Gasteiger partial charge in [-0.25, -0.2) is 14.3 Å². The lowest BCUT2D eigenvalue weighted by Gasteiger charge is -2.22. The summed E-state index contributed by atoms with van der Waals surface area (Å²) in [6.45, 7) is 4.37. The summed E-state index contributed by atoms with van der Waals surface area (Å²) in [6.07, 6.45) is 1.65. The van der Waals surface area contributed by atoms with E-state index in [2.05, 4.69) is 21.0 Å². The van der Waals surface area contributed by atoms with Gasteiger partial charge in [-0.3, -0.25) is 0 Å². The van der Waals surface area contributed by atoms with Crippen LogP contribution in [0.5, 0.6) is 0 Å². The molecule has 0 aliphatic carbocycles. The summed E-state index contributed by atoms with van der Waals surface area (Å²) in [7, 11) is 0. The second-order valence-corrected chi connectivity index (χ2v) is 7.28. The molecule has 1 aromatic heterocycles. The van der Waals surface area contributed by atoms with Crippen molar-refractivity contribution in [1.29, 1.82) is 0 Å². The zero-order valence-electron chi connectivity index (χ0n) is 14.7. The highest BCUT2D eigenvalue weighted by molar-refractivity contribution is 9.10. The molecule has 2 heterocycles. The Bertz CT molecular complexity index is 832. The van der Waals surface area contributed by atoms with Crippen LogP contribution < -0.4 is 5.73 Å². The van der Waals surface area contributed by atoms with E-state index in [0.29, 0.717) is 23.5 Å². The standard InChI is InChI=1S/C18H21BrN4O3/c1-11-16(12(2)23(21-11)14-7-5-13(19)6-8-14)17(24)26-10-15-4-3-9-22(15)18(20)25/h5-8,15H,3-4,9-10H2,1-2H3,(H2,20,25)/t15-/m1/s1. The van der Waals surface area contributed by atoms with Gasteiger partial charge in [0.15, 0.2) is 0 Å². The quantitative estimate of drug-likeness (QED) is 0.769. The lowest BCUT2D eigenvalue weighted by molar-refractivity contribution is 0.0420. The van der Waals surface area contributed by atoms with Crippen molar-refractivity contribution >= 4 is 27.9 Å². The highest BCUT2D eigenvalue weighted by atomic mass is 79.9. The van der Waals surface area contributed by atoms with Crippen LogP contribution in [0.15, 0.2) is 28.7 Å². The van der Waals surface area contributed by atoms with E-state index in [0.717, 1.165) is 23.0 Å². The minimum Gasteiger partial charge on any atom is -0.460 e. The third kappa shape index (κ3) is 3.60. The molecule has 1 aliphatic heterocycles. The van der Waals surface area contributed by atoms with Gasteiger partial charge in [0.05, 0.1) is 23.1 Å². The first-order valence-corrected chi connectivity index (χ1v) is 9.23. The van der Waals surface area contributed by atoms with Crippen LogP contribution in [0.1, 0.15) is 34.6 Å². The van der Waals surface area contributed by atoms with E-state index in [1.54, 1.807) is 16.5 Å². The molecule has 26 heavy (non-hydrogen) atoms. The van der Waals surface area contributed by atoms with E-state index in [1.165, 1.54) is 0 Å². The van der Waals surface area contributed by atoms with Crippen LogP contribution in [-0.2, 0) is 4.74 Å². The van der Waals surface area contributed by atoms with Crippen LogP contribution in [0.4, 0.5) is 4.79 Å². The molecule has 1 saturated heterocycles. The molecule has 0 saturated carbocycles. The number of hydrogen-bond acceptors (Lipinski definition) is 4. The van der Waals surface area contributed by atoms with Gasteiger partial charge >= 0.3 is 12.0 Å². The number of aryl methyl sites for hydroxylation is 1. The van der Waals surface area contributed by atoms with Crippen LogP contribution in [0, 0.1) is 13.8 Å². The lowest BCUT2D eigenvalue weighted by atomic mass is 10.2. The summed E-state index contributed by atoms with van der Waals surface area (Å²) in [6, 6.07) is 7.05. The third-order valence-electron chi connectivity index (χ3n) is 4.63. The Morgan fingerprint density at radius 1 is 1.31 bits per heavy atom. The van der Waals surface area contributed by atoms with E-state index < -0.39 is 12.0 Å². The molecule has 0 bridgehead atoms. The molecule has 0 spiro atoms. The molecule has 138 valence electrons. The number of halogens is 1. The van der Waals surface area contributed by atoms with Gasteiger partial charge < -0.3 is 15.4 Å². The van der Waals surface area contributed by atoms with E-state index in [4.69, 9.17) is 10.5 Å². The number of aromatic nitrogens is 2. The summed E-state index contributed by atoms with van der Waals surface area (Å²) in [4.78, 5) is 25.6. The van der Waals surface area contributed by atoms with E-state index in [-0.39, 0.29) is 12.6 Å². The predicted octanol–water partition coefficient (Wildman–Crippen LogP) is 2.95. The minimum absolute atomic E-state index is 0.143. The van der Waals surface area contributed by atoms with Crippen molar-refractivity contribution in [3.63, 3.8) is 0 Å². The lowest BCUT2D eigenvalue weighted by Crippen LogP contribution is -2.42. The van der Waals surface area contributed by atoms with Gasteiger partial charge in [-0.1, -0.05) is 15.9 Å². The van der Waals surface area contributed by atoms with Crippen LogP contribution in [-0.4, -0.2) is 45.9 Å². The SMILES string of the molecule is Cc1nn(-c2ccc(Br)cc2)c(C)c1C(=O)OC[C@H]1CCCN1C(N)=O. The molecule has 1 fully saturated rings. The molecule has 0 unspecified atom stereocenters. The van der Waals surface area contributed by atoms with Gasteiger partial charge in [-0.05, 0) is 51.0 Å². The van der Waals surface area contributed by atoms with Crippen LogP contribution in [0.25, 0.3) is 5.69 Å². The Balaban J connectivity index is 1.75. The third-order valence-corrected chi connectivity index (χ3v) is 5.16. The first-order chi connectivity index (χ1) is 12.4. The molecule has 7 nitrogen and oxygen atoms in total. The molecule has 1 aliphatic rings. The second-order valence-electron chi connectivity index (χ2n) is 6.36. The number of carbonyl (C=O) groups is 2. The maximum atomic E-state index is 12.6. The summed E-state index contributed by atoms with van der Waals surface area (Å²) in [5.41, 5.74) is 8.00. The smallest absolute Gasteiger partial charge is 0.341 e. The van der Waals surface area contributed by atoms with Gasteiger partial charge in [-0.2, -0.15) is 5.10 Å². The topological polar surface area (TPSA) is 90.5 Å². The monoisotopic (exact) mass is 420 g/mol. The predicted molar refractivity (Wildman–Crippen MR) is 100 cm³/mol. The number of esters is 1. The Morgan fingerprint density at radius 3 is 2.65 bits per heavy atom. The van der Waals surface area contributed by atoms with Gasteiger partial charge in [0, 0.05) is 11.0 Å². The van der Waals surface area contributed by atoms with E-state index in [1.807, 2.05) is 31.2 Å². The Kier molecular flexibility index (Phi) is 5.31. The largest absolute Gasteiger partial charge is 0.460 e. The first kappa shape index (κ1) is 18.4. The number of likely N-dealkylation sites (tertiary alicyclic amines) is 1. The van der Waals surface area contributed by atoms with Crippen molar-refractivity contribution in [2.24, 2.45) is 5.73 Å². The van der Waals surface area contributed by atoms with Gasteiger partial charge in [0.1, 0.15) is 12.2 Å². The molecule has 8 heteroatoms. The summed E-state index contributed by atoms with van der Waals surface area (Å²) < 4.78 is 8.17. The van der Waals surface area contributed by atoms with Crippen molar-refractivity contribution in [1.82, 2.24) is 14.7 Å². The molecule has 2 aromatic rings. The number of urea groups is 1. The average molecular weight is 421 g/mol. The highest BCUT2D eigenvalue weighted by Gasteiger charge is 2.29. The van der Waals surface area contributed by atoms with Gasteiger partial charge in [0.2, 0.25) is 0 Å². The molecule has 3 rings (SSSR count). The maximum absolute atomic E-state index is 12.6. The summed E-state index contributed by atoms with van der Waals surface area (Å²) >= 11 is 3.41. The van der Waals surface area contributed by atoms with Crippen molar-refractivity contribution in [2.45, 2.75) is 32.7 Å². The maximum Gasteiger partial charge on any atom is 0.341 e. The molecular weight excluding hydrogens is 400 g/mol. The van der Waals surface area contributed by atoms with Gasteiger partial charge in [-0.15, -0.1) is 0 Å². The Hall–Kier alpha value is -2.35. The van der Waals surface area contributed by atoms with Crippen molar-refractivity contribution in [3.8, 4) is 5.69 Å². The normalized spacial score (nSPS) is 16.7. The molecule has 1 atom stereocenters. The number of rotatable bonds is 4. The summed E-state index contributed by atoms with van der Waals surface area (Å²) in [5, 5.41) is 4.47. The van der Waals surface area contributed by atoms with Crippen molar-refractivity contribution in [2.75, 3.05) is 13.2 Å². The number of ether oxygens (including phenoxy) is 1. The van der Waals surface area contributed by atoms with Crippen LogP contribution >= 0.6 is 15.9 Å². The fourth-order valence-corrected chi connectivity index (χ4v) is 3.58. The average Bonchev–Trinajstić information content (AvgIpc) is 3.18. The zero-order chi connectivity index (χ0) is 18.8. The Morgan fingerprint density at radius 2 is 2.00 bits per heavy atom. The zero-order valence-corrected chi connectivity index (χ0v) is 16.3. The van der Waals surface area contributed by atoms with Crippen molar-refractivity contribution < 1.29 is 14.3 Å². The van der Waals surface area contributed by atoms with Crippen molar-refractivity contribution in [3.05, 3.63) is 45.7 Å². The number of primary amides is 1. The number of benzene rings is 1. The number of nitrogens with zero attached hydrogens (tertiary/aromatic N) is 3. The van der Waals surface area contributed by atoms with Crippen LogP contribution in [0.2, 0.25) is 0 Å². The number of amides is 2. The first-order valence-electron chi connectivity index (χ1n) is 8.44. The second kappa shape index (κ2) is 7.49. The number of carbonyl (C=O) groups excluding carboxylic acids is 2. The molecule has 2 N–H and O–H groups in total. The molecule has 2 amide bonds. The van der Waals surface area contributed by atoms with Crippen LogP contribution in [0.3, 0.4) is 0 Å². The van der Waals surface area contributed by atoms with E-state index >= 15 is 0 Å². The number of nitrogens with two attached hydrogens (primary N) is 1. The fraction of sp³-hybridized carbons (Fsp3) is 0.389. The molecule has 1 aromatic carbocycles.